The summed E-state index contributed by atoms with van der Waals surface area (Å²) in [5.41, 5.74) is 2.15. The Morgan fingerprint density at radius 1 is 1.27 bits per heavy atom. The summed E-state index contributed by atoms with van der Waals surface area (Å²) in [7, 11) is 0. The van der Waals surface area contributed by atoms with Gasteiger partial charge in [-0.1, -0.05) is 12.5 Å². The lowest BCUT2D eigenvalue weighted by Gasteiger charge is -2.19. The molecule has 3 rings (SSSR count). The van der Waals surface area contributed by atoms with E-state index in [0.717, 1.165) is 29.8 Å². The first-order valence-corrected chi connectivity index (χ1v) is 7.92. The minimum atomic E-state index is -0.511. The smallest absolute Gasteiger partial charge is 0.412 e. The zero-order valence-electron chi connectivity index (χ0n) is 13.5. The number of rotatable bonds is 1. The average Bonchev–Trinajstić information content (AvgIpc) is 2.61. The Morgan fingerprint density at radius 3 is 2.86 bits per heavy atom. The van der Waals surface area contributed by atoms with Crippen LogP contribution in [0.2, 0.25) is 0 Å². The minimum Gasteiger partial charge on any atom is -0.444 e. The van der Waals surface area contributed by atoms with E-state index in [1.165, 1.54) is 19.3 Å². The zero-order chi connectivity index (χ0) is 15.7. The van der Waals surface area contributed by atoms with Crippen LogP contribution < -0.4 is 5.32 Å². The fourth-order valence-electron chi connectivity index (χ4n) is 2.88. The Hall–Kier alpha value is -2.04. The van der Waals surface area contributed by atoms with Gasteiger partial charge in [-0.15, -0.1) is 0 Å². The molecule has 0 bridgehead atoms. The van der Waals surface area contributed by atoms with Crippen molar-refractivity contribution in [1.82, 2.24) is 9.55 Å². The summed E-state index contributed by atoms with van der Waals surface area (Å²) >= 11 is 0. The van der Waals surface area contributed by atoms with Gasteiger partial charge in [0.25, 0.3) is 0 Å². The molecule has 0 aliphatic carbocycles. The molecule has 1 amide bonds. The lowest BCUT2D eigenvalue weighted by molar-refractivity contribution is 0.0636. The molecule has 0 saturated carbocycles. The quantitative estimate of drug-likeness (QED) is 0.862. The molecule has 0 fully saturated rings. The number of nitrogens with zero attached hydrogens (tertiary/aromatic N) is 2. The number of imidazole rings is 1. The first-order chi connectivity index (χ1) is 10.4. The maximum atomic E-state index is 12.0. The van der Waals surface area contributed by atoms with E-state index < -0.39 is 11.7 Å². The van der Waals surface area contributed by atoms with Crippen LogP contribution in [0.4, 0.5) is 10.5 Å². The SMILES string of the molecule is CC(C)(C)OC(=O)Nc1cccc2c1nc1n2CCCCC1. The molecule has 0 atom stereocenters. The average molecular weight is 301 g/mol. The Labute approximate surface area is 130 Å². The summed E-state index contributed by atoms with van der Waals surface area (Å²) in [6.07, 6.45) is 4.17. The van der Waals surface area contributed by atoms with Crippen molar-refractivity contribution >= 4 is 22.8 Å². The van der Waals surface area contributed by atoms with Gasteiger partial charge in [0.1, 0.15) is 16.9 Å². The monoisotopic (exact) mass is 301 g/mol. The molecule has 0 unspecified atom stereocenters. The number of para-hydroxylation sites is 1. The van der Waals surface area contributed by atoms with E-state index in [2.05, 4.69) is 16.0 Å². The van der Waals surface area contributed by atoms with E-state index in [1.807, 2.05) is 32.9 Å². The van der Waals surface area contributed by atoms with Crippen molar-refractivity contribution in [3.05, 3.63) is 24.0 Å². The largest absolute Gasteiger partial charge is 0.444 e. The Kier molecular flexibility index (Phi) is 3.81. The van der Waals surface area contributed by atoms with E-state index in [0.29, 0.717) is 5.69 Å². The van der Waals surface area contributed by atoms with Crippen molar-refractivity contribution < 1.29 is 9.53 Å². The van der Waals surface area contributed by atoms with Crippen LogP contribution in [0.15, 0.2) is 18.2 Å². The molecule has 0 saturated heterocycles. The number of hydrogen-bond donors (Lipinski definition) is 1. The molecule has 2 heterocycles. The van der Waals surface area contributed by atoms with Gasteiger partial charge in [0.15, 0.2) is 0 Å². The van der Waals surface area contributed by atoms with Gasteiger partial charge in [-0.05, 0) is 45.7 Å². The van der Waals surface area contributed by atoms with E-state index in [1.54, 1.807) is 0 Å². The third kappa shape index (κ3) is 3.08. The maximum absolute atomic E-state index is 12.0. The molecule has 118 valence electrons. The topological polar surface area (TPSA) is 56.1 Å². The van der Waals surface area contributed by atoms with Gasteiger partial charge in [-0.25, -0.2) is 9.78 Å². The van der Waals surface area contributed by atoms with Crippen molar-refractivity contribution in [2.24, 2.45) is 0 Å². The van der Waals surface area contributed by atoms with Gasteiger partial charge >= 0.3 is 6.09 Å². The standard InChI is InChI=1S/C17H23N3O2/c1-17(2,3)22-16(21)18-12-8-7-9-13-15(12)19-14-10-5-4-6-11-20(13)14/h7-9H,4-6,10-11H2,1-3H3,(H,18,21). The van der Waals surface area contributed by atoms with Gasteiger partial charge < -0.3 is 9.30 Å². The van der Waals surface area contributed by atoms with Crippen LogP contribution in [0, 0.1) is 0 Å². The normalized spacial score (nSPS) is 15.2. The number of amides is 1. The van der Waals surface area contributed by atoms with Crippen molar-refractivity contribution in [3.8, 4) is 0 Å². The number of aromatic nitrogens is 2. The van der Waals surface area contributed by atoms with Crippen LogP contribution in [0.1, 0.15) is 45.9 Å². The fourth-order valence-corrected chi connectivity index (χ4v) is 2.88. The van der Waals surface area contributed by atoms with Crippen molar-refractivity contribution in [1.29, 1.82) is 0 Å². The number of nitrogens with one attached hydrogen (secondary N) is 1. The summed E-state index contributed by atoms with van der Waals surface area (Å²) in [5.74, 6) is 1.12. The summed E-state index contributed by atoms with van der Waals surface area (Å²) in [6, 6.07) is 5.89. The molecule has 1 aliphatic rings. The highest BCUT2D eigenvalue weighted by molar-refractivity contribution is 5.97. The number of anilines is 1. The zero-order valence-corrected chi connectivity index (χ0v) is 13.5. The molecule has 1 aromatic carbocycles. The molecular weight excluding hydrogens is 278 g/mol. The van der Waals surface area contributed by atoms with Crippen molar-refractivity contribution in [2.75, 3.05) is 5.32 Å². The number of benzene rings is 1. The van der Waals surface area contributed by atoms with Crippen LogP contribution in [0.3, 0.4) is 0 Å². The van der Waals surface area contributed by atoms with E-state index >= 15 is 0 Å². The predicted octanol–water partition coefficient (Wildman–Crippen LogP) is 4.11. The fraction of sp³-hybridized carbons (Fsp3) is 0.529. The number of ether oxygens (including phenoxy) is 1. The second-order valence-electron chi connectivity index (χ2n) is 6.79. The van der Waals surface area contributed by atoms with Crippen LogP contribution in [0.5, 0.6) is 0 Å². The molecule has 1 N–H and O–H groups in total. The lowest BCUT2D eigenvalue weighted by Crippen LogP contribution is -2.27. The number of hydrogen-bond acceptors (Lipinski definition) is 3. The van der Waals surface area contributed by atoms with Crippen LogP contribution in [0.25, 0.3) is 11.0 Å². The molecule has 5 nitrogen and oxygen atoms in total. The molecule has 5 heteroatoms. The summed E-state index contributed by atoms with van der Waals surface area (Å²) in [5, 5.41) is 2.83. The third-order valence-electron chi connectivity index (χ3n) is 3.78. The van der Waals surface area contributed by atoms with Gasteiger partial charge in [-0.3, -0.25) is 5.32 Å². The summed E-state index contributed by atoms with van der Waals surface area (Å²) in [4.78, 5) is 16.8. The molecule has 22 heavy (non-hydrogen) atoms. The minimum absolute atomic E-state index is 0.441. The van der Waals surface area contributed by atoms with E-state index in [4.69, 9.17) is 9.72 Å². The maximum Gasteiger partial charge on any atom is 0.412 e. The Balaban J connectivity index is 1.92. The van der Waals surface area contributed by atoms with E-state index in [9.17, 15) is 4.79 Å². The van der Waals surface area contributed by atoms with Crippen molar-refractivity contribution in [2.45, 2.75) is 58.6 Å². The molecule has 2 aromatic rings. The first-order valence-electron chi connectivity index (χ1n) is 7.92. The number of carbonyl (C=O) groups excluding carboxylic acids is 1. The van der Waals surface area contributed by atoms with Crippen molar-refractivity contribution in [3.63, 3.8) is 0 Å². The van der Waals surface area contributed by atoms with Gasteiger partial charge in [0.05, 0.1) is 11.2 Å². The van der Waals surface area contributed by atoms with Crippen LogP contribution >= 0.6 is 0 Å². The number of fused-ring (bicyclic) bond motifs is 3. The van der Waals surface area contributed by atoms with Gasteiger partial charge in [0.2, 0.25) is 0 Å². The summed E-state index contributed by atoms with van der Waals surface area (Å²) < 4.78 is 7.61. The molecule has 0 radical (unpaired) electrons. The number of carbonyl (C=O) groups is 1. The molecule has 0 spiro atoms. The van der Waals surface area contributed by atoms with Gasteiger partial charge in [-0.2, -0.15) is 0 Å². The first kappa shape index (κ1) is 14.9. The van der Waals surface area contributed by atoms with Crippen LogP contribution in [-0.4, -0.2) is 21.2 Å². The van der Waals surface area contributed by atoms with Crippen LogP contribution in [-0.2, 0) is 17.7 Å². The molecule has 1 aliphatic heterocycles. The second-order valence-corrected chi connectivity index (χ2v) is 6.79. The highest BCUT2D eigenvalue weighted by atomic mass is 16.6. The Bertz CT molecular complexity index is 698. The molecule has 1 aromatic heterocycles. The third-order valence-corrected chi connectivity index (χ3v) is 3.78. The Morgan fingerprint density at radius 2 is 2.09 bits per heavy atom. The highest BCUT2D eigenvalue weighted by Crippen LogP contribution is 2.27. The highest BCUT2D eigenvalue weighted by Gasteiger charge is 2.19. The number of aryl methyl sites for hydroxylation is 2. The lowest BCUT2D eigenvalue weighted by atomic mass is 10.2. The predicted molar refractivity (Wildman–Crippen MR) is 87.1 cm³/mol. The second kappa shape index (κ2) is 5.63. The molecular formula is C17H23N3O2. The summed E-state index contributed by atoms with van der Waals surface area (Å²) in [6.45, 7) is 6.56. The van der Waals surface area contributed by atoms with E-state index in [-0.39, 0.29) is 0 Å². The van der Waals surface area contributed by atoms with Gasteiger partial charge in [0, 0.05) is 13.0 Å².